The zero-order chi connectivity index (χ0) is 12.4. The Morgan fingerprint density at radius 3 is 2.61 bits per heavy atom. The van der Waals surface area contributed by atoms with E-state index < -0.39 is 5.54 Å². The standard InChI is InChI=1S/C13H13FN4/c14-10-4-1-8-15-12(10)13(6-3-7-13)17-11-5-2-9-16-18-11/h1-2,4-5,8-9H,3,6-7H2,(H,17,18). The number of hydrogen-bond donors (Lipinski definition) is 1. The van der Waals surface area contributed by atoms with Gasteiger partial charge < -0.3 is 5.32 Å². The summed E-state index contributed by atoms with van der Waals surface area (Å²) in [7, 11) is 0. The molecule has 0 saturated heterocycles. The van der Waals surface area contributed by atoms with E-state index in [9.17, 15) is 4.39 Å². The van der Waals surface area contributed by atoms with Crippen molar-refractivity contribution in [3.63, 3.8) is 0 Å². The minimum absolute atomic E-state index is 0.270. The highest BCUT2D eigenvalue weighted by Gasteiger charge is 2.42. The molecular weight excluding hydrogens is 231 g/mol. The van der Waals surface area contributed by atoms with Gasteiger partial charge in [-0.3, -0.25) is 4.98 Å². The summed E-state index contributed by atoms with van der Waals surface area (Å²) in [6.45, 7) is 0. The highest BCUT2D eigenvalue weighted by atomic mass is 19.1. The minimum Gasteiger partial charge on any atom is -0.357 e. The predicted molar refractivity (Wildman–Crippen MR) is 65.4 cm³/mol. The first-order chi connectivity index (χ1) is 8.80. The molecule has 4 nitrogen and oxygen atoms in total. The van der Waals surface area contributed by atoms with Crippen molar-refractivity contribution in [1.29, 1.82) is 0 Å². The van der Waals surface area contributed by atoms with Gasteiger partial charge in [0.25, 0.3) is 0 Å². The molecule has 18 heavy (non-hydrogen) atoms. The number of nitrogens with zero attached hydrogens (tertiary/aromatic N) is 3. The fourth-order valence-electron chi connectivity index (χ4n) is 2.30. The number of rotatable bonds is 3. The maximum Gasteiger partial charge on any atom is 0.149 e. The van der Waals surface area contributed by atoms with Crippen LogP contribution in [-0.4, -0.2) is 15.2 Å². The molecule has 5 heteroatoms. The van der Waals surface area contributed by atoms with Crippen LogP contribution in [0, 0.1) is 5.82 Å². The Balaban J connectivity index is 1.94. The molecule has 1 aliphatic carbocycles. The van der Waals surface area contributed by atoms with Crippen LogP contribution in [0.4, 0.5) is 10.2 Å². The summed E-state index contributed by atoms with van der Waals surface area (Å²) in [6, 6.07) is 6.68. The van der Waals surface area contributed by atoms with Crippen molar-refractivity contribution in [3.05, 3.63) is 48.2 Å². The summed E-state index contributed by atoms with van der Waals surface area (Å²) in [6.07, 6.45) is 6.01. The molecule has 92 valence electrons. The molecule has 3 rings (SSSR count). The molecule has 2 heterocycles. The molecule has 0 amide bonds. The molecular formula is C13H13FN4. The Labute approximate surface area is 104 Å². The van der Waals surface area contributed by atoms with Crippen LogP contribution in [0.5, 0.6) is 0 Å². The smallest absolute Gasteiger partial charge is 0.149 e. The van der Waals surface area contributed by atoms with E-state index >= 15 is 0 Å². The van der Waals surface area contributed by atoms with E-state index in [0.29, 0.717) is 11.5 Å². The third-order valence-corrected chi connectivity index (χ3v) is 3.36. The van der Waals surface area contributed by atoms with Crippen LogP contribution >= 0.6 is 0 Å². The van der Waals surface area contributed by atoms with E-state index in [1.54, 1.807) is 24.5 Å². The van der Waals surface area contributed by atoms with Crippen molar-refractivity contribution in [1.82, 2.24) is 15.2 Å². The number of nitrogens with one attached hydrogen (secondary N) is 1. The second-order valence-corrected chi connectivity index (χ2v) is 4.50. The van der Waals surface area contributed by atoms with Gasteiger partial charge >= 0.3 is 0 Å². The fourth-order valence-corrected chi connectivity index (χ4v) is 2.30. The van der Waals surface area contributed by atoms with Crippen LogP contribution in [0.2, 0.25) is 0 Å². The van der Waals surface area contributed by atoms with Crippen LogP contribution in [-0.2, 0) is 5.54 Å². The molecule has 2 aromatic rings. The molecule has 2 aromatic heterocycles. The SMILES string of the molecule is Fc1cccnc1C1(Nc2cccnn2)CCC1. The van der Waals surface area contributed by atoms with Crippen LogP contribution in [0.15, 0.2) is 36.7 Å². The first-order valence-electron chi connectivity index (χ1n) is 5.97. The number of halogens is 1. The number of pyridine rings is 1. The topological polar surface area (TPSA) is 50.7 Å². The molecule has 0 bridgehead atoms. The molecule has 1 fully saturated rings. The van der Waals surface area contributed by atoms with Crippen LogP contribution in [0.1, 0.15) is 25.0 Å². The van der Waals surface area contributed by atoms with Crippen LogP contribution < -0.4 is 5.32 Å². The summed E-state index contributed by atoms with van der Waals surface area (Å²) in [5.41, 5.74) is 0.0448. The number of aromatic nitrogens is 3. The third kappa shape index (κ3) is 1.81. The van der Waals surface area contributed by atoms with Gasteiger partial charge in [-0.2, -0.15) is 5.10 Å². The maximum atomic E-state index is 13.9. The van der Waals surface area contributed by atoms with E-state index in [0.717, 1.165) is 19.3 Å². The van der Waals surface area contributed by atoms with Crippen LogP contribution in [0.25, 0.3) is 0 Å². The van der Waals surface area contributed by atoms with Gasteiger partial charge in [-0.05, 0) is 43.5 Å². The van der Waals surface area contributed by atoms with Crippen molar-refractivity contribution >= 4 is 5.82 Å². The van der Waals surface area contributed by atoms with Gasteiger partial charge in [0, 0.05) is 12.4 Å². The summed E-state index contributed by atoms with van der Waals surface area (Å²) in [5.74, 6) is 0.385. The van der Waals surface area contributed by atoms with Gasteiger partial charge in [0.05, 0.1) is 5.54 Å². The van der Waals surface area contributed by atoms with Crippen molar-refractivity contribution < 1.29 is 4.39 Å². The zero-order valence-corrected chi connectivity index (χ0v) is 9.81. The van der Waals surface area contributed by atoms with Gasteiger partial charge in [-0.15, -0.1) is 5.10 Å². The maximum absolute atomic E-state index is 13.9. The zero-order valence-electron chi connectivity index (χ0n) is 9.81. The van der Waals surface area contributed by atoms with E-state index in [1.165, 1.54) is 6.07 Å². The van der Waals surface area contributed by atoms with Crippen molar-refractivity contribution in [3.8, 4) is 0 Å². The minimum atomic E-state index is -0.429. The summed E-state index contributed by atoms with van der Waals surface area (Å²) < 4.78 is 13.9. The molecule has 0 spiro atoms. The first kappa shape index (κ1) is 11.1. The highest BCUT2D eigenvalue weighted by Crippen LogP contribution is 2.43. The molecule has 1 saturated carbocycles. The fraction of sp³-hybridized carbons (Fsp3) is 0.308. The second-order valence-electron chi connectivity index (χ2n) is 4.50. The average Bonchev–Trinajstić information content (AvgIpc) is 2.36. The van der Waals surface area contributed by atoms with Gasteiger partial charge in [0.15, 0.2) is 0 Å². The molecule has 0 aliphatic heterocycles. The quantitative estimate of drug-likeness (QED) is 0.901. The molecule has 0 radical (unpaired) electrons. The van der Waals surface area contributed by atoms with Gasteiger partial charge in [-0.25, -0.2) is 4.39 Å². The molecule has 0 unspecified atom stereocenters. The Kier molecular flexibility index (Phi) is 2.66. The molecule has 1 aliphatic rings. The average molecular weight is 244 g/mol. The van der Waals surface area contributed by atoms with Gasteiger partial charge in [0.2, 0.25) is 0 Å². The summed E-state index contributed by atoms with van der Waals surface area (Å²) >= 11 is 0. The lowest BCUT2D eigenvalue weighted by Crippen LogP contribution is -2.43. The summed E-state index contributed by atoms with van der Waals surface area (Å²) in [4.78, 5) is 4.18. The lowest BCUT2D eigenvalue weighted by Gasteiger charge is -2.42. The molecule has 0 atom stereocenters. The van der Waals surface area contributed by atoms with E-state index in [1.807, 2.05) is 6.07 Å². The van der Waals surface area contributed by atoms with Gasteiger partial charge in [0.1, 0.15) is 17.3 Å². The van der Waals surface area contributed by atoms with E-state index in [4.69, 9.17) is 0 Å². The van der Waals surface area contributed by atoms with E-state index in [2.05, 4.69) is 20.5 Å². The first-order valence-corrected chi connectivity index (χ1v) is 5.97. The largest absolute Gasteiger partial charge is 0.357 e. The molecule has 1 N–H and O–H groups in total. The normalized spacial score (nSPS) is 16.9. The Morgan fingerprint density at radius 2 is 2.00 bits per heavy atom. The predicted octanol–water partition coefficient (Wildman–Crippen LogP) is 2.50. The lowest BCUT2D eigenvalue weighted by molar-refractivity contribution is 0.265. The Morgan fingerprint density at radius 1 is 1.17 bits per heavy atom. The van der Waals surface area contributed by atoms with E-state index in [-0.39, 0.29) is 5.82 Å². The van der Waals surface area contributed by atoms with Gasteiger partial charge in [-0.1, -0.05) is 0 Å². The Bertz CT molecular complexity index is 540. The van der Waals surface area contributed by atoms with Crippen molar-refractivity contribution in [2.75, 3.05) is 5.32 Å². The highest BCUT2D eigenvalue weighted by molar-refractivity contribution is 5.40. The van der Waals surface area contributed by atoms with Crippen molar-refractivity contribution in [2.24, 2.45) is 0 Å². The second kappa shape index (κ2) is 4.33. The molecule has 0 aromatic carbocycles. The number of anilines is 1. The summed E-state index contributed by atoms with van der Waals surface area (Å²) in [5, 5.41) is 11.1. The monoisotopic (exact) mass is 244 g/mol. The number of hydrogen-bond acceptors (Lipinski definition) is 4. The third-order valence-electron chi connectivity index (χ3n) is 3.36. The van der Waals surface area contributed by atoms with Crippen LogP contribution in [0.3, 0.4) is 0 Å². The van der Waals surface area contributed by atoms with Crippen molar-refractivity contribution in [2.45, 2.75) is 24.8 Å². The lowest BCUT2D eigenvalue weighted by atomic mass is 9.74. The Hall–Kier alpha value is -2.04.